The van der Waals surface area contributed by atoms with Gasteiger partial charge in [-0.1, -0.05) is 12.1 Å². The molecule has 0 aromatic heterocycles. The first-order chi connectivity index (χ1) is 10.1. The van der Waals surface area contributed by atoms with Crippen LogP contribution in [0.3, 0.4) is 0 Å². The Balaban J connectivity index is -0.000000164. The van der Waals surface area contributed by atoms with Gasteiger partial charge in [-0.05, 0) is 18.6 Å². The van der Waals surface area contributed by atoms with Crippen LogP contribution in [0.15, 0.2) is 29.2 Å². The van der Waals surface area contributed by atoms with Gasteiger partial charge in [0.2, 0.25) is 0 Å². The molecule has 12 heteroatoms. The SMILES string of the molecule is N[C@@H](CCC(=O)O)C(=O)O.O=C1NS(=O)(=O)c2ccccc21.[H-].[H-].[Na+].[Na+]. The number of aliphatic carboxylic acids is 2. The Morgan fingerprint density at radius 1 is 1.21 bits per heavy atom. The summed E-state index contributed by atoms with van der Waals surface area (Å²) in [6, 6.07) is 5.03. The Hall–Kier alpha value is -0.460. The van der Waals surface area contributed by atoms with E-state index in [4.69, 9.17) is 15.9 Å². The summed E-state index contributed by atoms with van der Waals surface area (Å²) in [6.45, 7) is 0. The zero-order valence-corrected chi connectivity index (χ0v) is 18.0. The Labute approximate surface area is 185 Å². The maximum absolute atomic E-state index is 11.1. The summed E-state index contributed by atoms with van der Waals surface area (Å²) in [5.41, 5.74) is 5.22. The van der Waals surface area contributed by atoms with E-state index in [-0.39, 0.29) is 85.3 Å². The smallest absolute Gasteiger partial charge is 1.00 e. The molecule has 0 radical (unpaired) electrons. The van der Waals surface area contributed by atoms with Crippen LogP contribution in [0, 0.1) is 0 Å². The van der Waals surface area contributed by atoms with Crippen molar-refractivity contribution in [2.45, 2.75) is 23.8 Å². The van der Waals surface area contributed by atoms with Crippen LogP contribution in [0.2, 0.25) is 0 Å². The van der Waals surface area contributed by atoms with E-state index in [1.807, 2.05) is 4.72 Å². The second-order valence-electron chi connectivity index (χ2n) is 4.31. The molecule has 0 saturated heterocycles. The molecule has 24 heavy (non-hydrogen) atoms. The first kappa shape index (κ1) is 25.8. The van der Waals surface area contributed by atoms with E-state index < -0.39 is 33.9 Å². The van der Waals surface area contributed by atoms with Crippen molar-refractivity contribution in [3.63, 3.8) is 0 Å². The third-order valence-corrected chi connectivity index (χ3v) is 4.02. The number of rotatable bonds is 4. The summed E-state index contributed by atoms with van der Waals surface area (Å²) in [6.07, 6.45) is -0.224. The van der Waals surface area contributed by atoms with Crippen LogP contribution in [0.25, 0.3) is 0 Å². The second-order valence-corrected chi connectivity index (χ2v) is 5.96. The predicted octanol–water partition coefficient (Wildman–Crippen LogP) is -6.39. The number of carboxylic acids is 2. The van der Waals surface area contributed by atoms with Crippen molar-refractivity contribution in [1.29, 1.82) is 0 Å². The zero-order valence-electron chi connectivity index (χ0n) is 15.2. The second kappa shape index (κ2) is 11.2. The van der Waals surface area contributed by atoms with Gasteiger partial charge in [-0.15, -0.1) is 0 Å². The molecule has 0 aliphatic carbocycles. The number of carbonyl (C=O) groups is 3. The van der Waals surface area contributed by atoms with Crippen LogP contribution in [0.1, 0.15) is 26.1 Å². The molecule has 0 saturated carbocycles. The molecule has 1 amide bonds. The van der Waals surface area contributed by atoms with Gasteiger partial charge < -0.3 is 18.8 Å². The molecule has 0 bridgehead atoms. The van der Waals surface area contributed by atoms with Gasteiger partial charge in [0.25, 0.3) is 15.9 Å². The van der Waals surface area contributed by atoms with E-state index in [1.54, 1.807) is 12.1 Å². The van der Waals surface area contributed by atoms with Crippen molar-refractivity contribution in [2.75, 3.05) is 0 Å². The van der Waals surface area contributed by atoms with E-state index in [0.717, 1.165) is 0 Å². The molecule has 0 spiro atoms. The number of sulfonamides is 1. The number of nitrogens with two attached hydrogens (primary N) is 1. The number of amides is 1. The quantitative estimate of drug-likeness (QED) is 0.376. The summed E-state index contributed by atoms with van der Waals surface area (Å²) in [5.74, 6) is -2.75. The van der Waals surface area contributed by atoms with Crippen molar-refractivity contribution in [3.05, 3.63) is 29.8 Å². The Bertz CT molecular complexity index is 719. The summed E-state index contributed by atoms with van der Waals surface area (Å²) in [4.78, 5) is 30.9. The van der Waals surface area contributed by atoms with Crippen molar-refractivity contribution in [3.8, 4) is 0 Å². The first-order valence-corrected chi connectivity index (χ1v) is 7.50. The van der Waals surface area contributed by atoms with Crippen LogP contribution in [-0.4, -0.2) is 42.5 Å². The van der Waals surface area contributed by atoms with E-state index in [9.17, 15) is 22.8 Å². The van der Waals surface area contributed by atoms with Crippen LogP contribution >= 0.6 is 0 Å². The molecule has 124 valence electrons. The van der Waals surface area contributed by atoms with Crippen LogP contribution in [-0.2, 0) is 19.6 Å². The van der Waals surface area contributed by atoms with Crippen LogP contribution in [0.5, 0.6) is 0 Å². The summed E-state index contributed by atoms with van der Waals surface area (Å²) in [7, 11) is -3.55. The Morgan fingerprint density at radius 2 is 1.75 bits per heavy atom. The van der Waals surface area contributed by atoms with Crippen molar-refractivity contribution < 1.29 is 95.0 Å². The average molecular weight is 378 g/mol. The van der Waals surface area contributed by atoms with Gasteiger partial charge in [-0.2, -0.15) is 0 Å². The molecule has 2 rings (SSSR count). The minimum atomic E-state index is -3.55. The van der Waals surface area contributed by atoms with Crippen LogP contribution in [0.4, 0.5) is 0 Å². The molecule has 1 aliphatic heterocycles. The number of nitrogens with one attached hydrogen (secondary N) is 1. The largest absolute Gasteiger partial charge is 1.00 e. The number of hydrogen-bond donors (Lipinski definition) is 4. The monoisotopic (exact) mass is 378 g/mol. The molecule has 9 nitrogen and oxygen atoms in total. The van der Waals surface area contributed by atoms with Crippen molar-refractivity contribution in [1.82, 2.24) is 4.72 Å². The molecule has 1 aliphatic rings. The maximum Gasteiger partial charge on any atom is 1.00 e. The summed E-state index contributed by atoms with van der Waals surface area (Å²) in [5, 5.41) is 16.3. The van der Waals surface area contributed by atoms with Gasteiger partial charge in [0.15, 0.2) is 0 Å². The van der Waals surface area contributed by atoms with Gasteiger partial charge in [-0.3, -0.25) is 14.4 Å². The predicted molar refractivity (Wildman–Crippen MR) is 75.8 cm³/mol. The van der Waals surface area contributed by atoms with Crippen molar-refractivity contribution >= 4 is 27.9 Å². The molecule has 5 N–H and O–H groups in total. The third-order valence-electron chi connectivity index (χ3n) is 2.63. The molecule has 1 heterocycles. The fourth-order valence-corrected chi connectivity index (χ4v) is 2.69. The maximum atomic E-state index is 11.1. The molecule has 1 aromatic carbocycles. The number of hydrogen-bond acceptors (Lipinski definition) is 6. The molecule has 0 fully saturated rings. The topological polar surface area (TPSA) is 164 Å². The minimum absolute atomic E-state index is 0. The number of carbonyl (C=O) groups excluding carboxylic acids is 1. The van der Waals surface area contributed by atoms with E-state index in [1.165, 1.54) is 12.1 Å². The van der Waals surface area contributed by atoms with Crippen LogP contribution < -0.4 is 69.6 Å². The third kappa shape index (κ3) is 7.62. The Morgan fingerprint density at radius 3 is 2.21 bits per heavy atom. The first-order valence-electron chi connectivity index (χ1n) is 6.01. The molecular formula is C12H16N2Na2O7S. The average Bonchev–Trinajstić information content (AvgIpc) is 2.67. The molecule has 1 atom stereocenters. The number of fused-ring (bicyclic) bond motifs is 1. The van der Waals surface area contributed by atoms with E-state index in [2.05, 4.69) is 0 Å². The normalized spacial score (nSPS) is 14.5. The number of benzene rings is 1. The van der Waals surface area contributed by atoms with Crippen molar-refractivity contribution in [2.24, 2.45) is 5.73 Å². The van der Waals surface area contributed by atoms with Gasteiger partial charge in [0, 0.05) is 6.42 Å². The fraction of sp³-hybridized carbons (Fsp3) is 0.250. The van der Waals surface area contributed by atoms with Gasteiger partial charge in [0.05, 0.1) is 5.56 Å². The molecule has 1 aromatic rings. The standard InChI is InChI=1S/C7H5NO3S.C5H9NO4.2Na.2H/c9-7-5-3-1-2-4-6(5)12(10,11)8-7;6-3(5(9)10)1-2-4(7)8;;;;/h1-4H,(H,8,9);3H,1-2,6H2,(H,7,8)(H,9,10);;;;/q;;2*+1;2*-1/t;3-;;;;/m.0..../s1. The molecular weight excluding hydrogens is 362 g/mol. The van der Waals surface area contributed by atoms with E-state index in [0.29, 0.717) is 0 Å². The number of carboxylic acid groups (broad SMARTS) is 2. The minimum Gasteiger partial charge on any atom is -1.00 e. The van der Waals surface area contributed by atoms with Gasteiger partial charge in [0.1, 0.15) is 10.9 Å². The summed E-state index contributed by atoms with van der Waals surface area (Å²) < 4.78 is 24.2. The Kier molecular flexibility index (Phi) is 12.0. The fourth-order valence-electron chi connectivity index (χ4n) is 1.52. The van der Waals surface area contributed by atoms with E-state index >= 15 is 0 Å². The van der Waals surface area contributed by atoms with Gasteiger partial charge in [-0.25, -0.2) is 13.1 Å². The van der Waals surface area contributed by atoms with Gasteiger partial charge >= 0.3 is 71.1 Å². The summed E-state index contributed by atoms with van der Waals surface area (Å²) >= 11 is 0. The molecule has 0 unspecified atom stereocenters. The zero-order chi connectivity index (χ0) is 16.9.